The van der Waals surface area contributed by atoms with E-state index in [-0.39, 0.29) is 23.6 Å². The van der Waals surface area contributed by atoms with Gasteiger partial charge in [-0.2, -0.15) is 0 Å². The third-order valence-corrected chi connectivity index (χ3v) is 4.84. The lowest BCUT2D eigenvalue weighted by Gasteiger charge is -2.18. The number of benzene rings is 1. The Morgan fingerprint density at radius 1 is 1.25 bits per heavy atom. The molecule has 0 radical (unpaired) electrons. The van der Waals surface area contributed by atoms with E-state index in [1.54, 1.807) is 36.5 Å². The number of pyridine rings is 1. The summed E-state index contributed by atoms with van der Waals surface area (Å²) in [4.78, 5) is 17.0. The molecule has 3 aromatic rings. The van der Waals surface area contributed by atoms with Crippen molar-refractivity contribution in [1.29, 1.82) is 0 Å². The van der Waals surface area contributed by atoms with Gasteiger partial charge in [0.15, 0.2) is 0 Å². The molecule has 0 aliphatic carbocycles. The van der Waals surface area contributed by atoms with Gasteiger partial charge in [-0.3, -0.25) is 9.78 Å². The Morgan fingerprint density at radius 2 is 2.14 bits per heavy atom. The second kappa shape index (κ2) is 7.82. The van der Waals surface area contributed by atoms with E-state index in [2.05, 4.69) is 15.5 Å². The second-order valence-corrected chi connectivity index (χ2v) is 6.97. The zero-order chi connectivity index (χ0) is 19.5. The van der Waals surface area contributed by atoms with Crippen molar-refractivity contribution in [2.45, 2.75) is 19.4 Å². The average molecular weight is 379 g/mol. The maximum absolute atomic E-state index is 12.8. The van der Waals surface area contributed by atoms with Crippen molar-refractivity contribution in [3.8, 4) is 17.0 Å². The Hall–Kier alpha value is -3.19. The van der Waals surface area contributed by atoms with Gasteiger partial charge in [-0.1, -0.05) is 17.3 Å². The molecule has 1 aromatic carbocycles. The molecule has 0 saturated carbocycles. The predicted molar refractivity (Wildman–Crippen MR) is 102 cm³/mol. The summed E-state index contributed by atoms with van der Waals surface area (Å²) in [6.45, 7) is 2.90. The first kappa shape index (κ1) is 18.2. The lowest BCUT2D eigenvalue weighted by atomic mass is 9.97. The molecule has 7 nitrogen and oxygen atoms in total. The zero-order valence-corrected chi connectivity index (χ0v) is 15.5. The number of amides is 1. The van der Waals surface area contributed by atoms with Gasteiger partial charge in [0.2, 0.25) is 0 Å². The van der Waals surface area contributed by atoms with E-state index in [9.17, 15) is 9.90 Å². The van der Waals surface area contributed by atoms with Crippen LogP contribution in [-0.2, 0) is 11.2 Å². The van der Waals surface area contributed by atoms with Gasteiger partial charge in [-0.15, -0.1) is 0 Å². The number of hydrogen-bond acceptors (Lipinski definition) is 6. The van der Waals surface area contributed by atoms with Gasteiger partial charge in [0.25, 0.3) is 5.91 Å². The molecule has 144 valence electrons. The molecule has 1 amide bonds. The lowest BCUT2D eigenvalue weighted by molar-refractivity contribution is 0.0924. The fraction of sp³-hybridized carbons (Fsp3) is 0.286. The number of hydrogen-bond donors (Lipinski definition) is 2. The van der Waals surface area contributed by atoms with Crippen LogP contribution in [0.15, 0.2) is 53.2 Å². The topological polar surface area (TPSA) is 97.5 Å². The minimum absolute atomic E-state index is 0.0756. The molecule has 4 rings (SSSR count). The van der Waals surface area contributed by atoms with Gasteiger partial charge < -0.3 is 19.7 Å². The summed E-state index contributed by atoms with van der Waals surface area (Å²) >= 11 is 0. The first-order valence-electron chi connectivity index (χ1n) is 9.15. The van der Waals surface area contributed by atoms with Gasteiger partial charge in [0.1, 0.15) is 17.2 Å². The third-order valence-electron chi connectivity index (χ3n) is 4.84. The highest BCUT2D eigenvalue weighted by atomic mass is 16.5. The summed E-state index contributed by atoms with van der Waals surface area (Å²) in [5.74, 6) is 0.803. The molecule has 2 aromatic heterocycles. The number of aryl methyl sites for hydroxylation is 1. The highest BCUT2D eigenvalue weighted by Gasteiger charge is 2.31. The van der Waals surface area contributed by atoms with Crippen molar-refractivity contribution in [2.24, 2.45) is 5.92 Å². The fourth-order valence-corrected chi connectivity index (χ4v) is 3.41. The maximum Gasteiger partial charge on any atom is 0.251 e. The van der Waals surface area contributed by atoms with Crippen LogP contribution in [0, 0.1) is 12.8 Å². The Bertz CT molecular complexity index is 985. The molecule has 1 aliphatic rings. The van der Waals surface area contributed by atoms with Crippen LogP contribution in [0.2, 0.25) is 0 Å². The number of carbonyl (C=O) groups excluding carboxylic acids is 1. The van der Waals surface area contributed by atoms with Crippen LogP contribution in [0.5, 0.6) is 5.75 Å². The minimum atomic E-state index is -0.188. The average Bonchev–Trinajstić information content (AvgIpc) is 3.31. The van der Waals surface area contributed by atoms with Crippen LogP contribution in [-0.4, -0.2) is 40.4 Å². The molecular weight excluding hydrogens is 358 g/mol. The second-order valence-electron chi connectivity index (χ2n) is 6.97. The quantitative estimate of drug-likeness (QED) is 0.707. The summed E-state index contributed by atoms with van der Waals surface area (Å²) < 4.78 is 10.9. The van der Waals surface area contributed by atoms with Crippen molar-refractivity contribution < 1.29 is 19.2 Å². The molecule has 1 aliphatic heterocycles. The standard InChI is InChI=1S/C21H21N3O4/c1-13-8-17(28-24-13)10-16-11-27-12-18(16)23-21(26)15-5-2-4-14(9-15)20-19(25)6-3-7-22-20/h2-9,16,18,25H,10-12H2,1H3,(H,23,26)/t16-,18+/m1/s1. The van der Waals surface area contributed by atoms with Gasteiger partial charge in [-0.05, 0) is 31.2 Å². The molecule has 0 spiro atoms. The molecule has 3 heterocycles. The maximum atomic E-state index is 12.8. The minimum Gasteiger partial charge on any atom is -0.506 e. The molecule has 7 heteroatoms. The largest absolute Gasteiger partial charge is 0.506 e. The fourth-order valence-electron chi connectivity index (χ4n) is 3.41. The molecule has 28 heavy (non-hydrogen) atoms. The number of nitrogens with one attached hydrogen (secondary N) is 1. The van der Waals surface area contributed by atoms with Crippen LogP contribution in [0.3, 0.4) is 0 Å². The first-order chi connectivity index (χ1) is 13.6. The van der Waals surface area contributed by atoms with E-state index in [4.69, 9.17) is 9.26 Å². The van der Waals surface area contributed by atoms with E-state index in [1.807, 2.05) is 19.1 Å². The molecule has 1 fully saturated rings. The summed E-state index contributed by atoms with van der Waals surface area (Å²) in [6.07, 6.45) is 2.26. The Labute approximate surface area is 162 Å². The number of nitrogens with zero attached hydrogens (tertiary/aromatic N) is 2. The number of ether oxygens (including phenoxy) is 1. The van der Waals surface area contributed by atoms with Crippen LogP contribution in [0.4, 0.5) is 0 Å². The third kappa shape index (κ3) is 3.89. The highest BCUT2D eigenvalue weighted by molar-refractivity contribution is 5.95. The van der Waals surface area contributed by atoms with Gasteiger partial charge >= 0.3 is 0 Å². The molecule has 2 N–H and O–H groups in total. The van der Waals surface area contributed by atoms with Gasteiger partial charge in [0, 0.05) is 35.7 Å². The zero-order valence-electron chi connectivity index (χ0n) is 15.5. The Kier molecular flexibility index (Phi) is 5.08. The smallest absolute Gasteiger partial charge is 0.251 e. The predicted octanol–water partition coefficient (Wildman–Crippen LogP) is 2.74. The van der Waals surface area contributed by atoms with Crippen LogP contribution < -0.4 is 5.32 Å². The monoisotopic (exact) mass is 379 g/mol. The summed E-state index contributed by atoms with van der Waals surface area (Å²) in [7, 11) is 0. The number of rotatable bonds is 5. The van der Waals surface area contributed by atoms with Crippen LogP contribution >= 0.6 is 0 Å². The van der Waals surface area contributed by atoms with Crippen molar-refractivity contribution in [3.63, 3.8) is 0 Å². The highest BCUT2D eigenvalue weighted by Crippen LogP contribution is 2.27. The normalized spacial score (nSPS) is 18.9. The summed E-state index contributed by atoms with van der Waals surface area (Å²) in [5, 5.41) is 17.0. The van der Waals surface area contributed by atoms with Crippen LogP contribution in [0.1, 0.15) is 21.8 Å². The molecule has 1 saturated heterocycles. The number of carbonyl (C=O) groups is 1. The van der Waals surface area contributed by atoms with Crippen molar-refractivity contribution >= 4 is 5.91 Å². The number of aromatic hydroxyl groups is 1. The summed E-state index contributed by atoms with van der Waals surface area (Å²) in [5.41, 5.74) is 2.47. The van der Waals surface area contributed by atoms with Crippen molar-refractivity contribution in [1.82, 2.24) is 15.5 Å². The van der Waals surface area contributed by atoms with E-state index < -0.39 is 0 Å². The van der Waals surface area contributed by atoms with E-state index >= 15 is 0 Å². The van der Waals surface area contributed by atoms with Crippen molar-refractivity contribution in [3.05, 3.63) is 65.7 Å². The van der Waals surface area contributed by atoms with Gasteiger partial charge in [-0.25, -0.2) is 0 Å². The SMILES string of the molecule is Cc1cc(C[C@@H]2COC[C@@H]2NC(=O)c2cccc(-c3ncccc3O)c2)on1. The molecule has 2 atom stereocenters. The summed E-state index contributed by atoms with van der Waals surface area (Å²) in [6, 6.07) is 12.1. The Morgan fingerprint density at radius 3 is 2.93 bits per heavy atom. The van der Waals surface area contributed by atoms with Gasteiger partial charge in [0.05, 0.1) is 24.9 Å². The van der Waals surface area contributed by atoms with E-state index in [0.717, 1.165) is 11.5 Å². The Balaban J connectivity index is 1.47. The molecule has 0 bridgehead atoms. The molecular formula is C21H21N3O4. The van der Waals surface area contributed by atoms with E-state index in [1.165, 1.54) is 0 Å². The van der Waals surface area contributed by atoms with Crippen molar-refractivity contribution in [2.75, 3.05) is 13.2 Å². The first-order valence-corrected chi connectivity index (χ1v) is 9.15. The number of aromatic nitrogens is 2. The lowest BCUT2D eigenvalue weighted by Crippen LogP contribution is -2.40. The van der Waals surface area contributed by atoms with E-state index in [0.29, 0.717) is 36.5 Å². The van der Waals surface area contributed by atoms with Crippen LogP contribution in [0.25, 0.3) is 11.3 Å². The molecule has 0 unspecified atom stereocenters.